The maximum absolute atomic E-state index is 12.4. The molecule has 0 aliphatic heterocycles. The van der Waals surface area contributed by atoms with E-state index in [2.05, 4.69) is 17.2 Å². The fourth-order valence-corrected chi connectivity index (χ4v) is 2.46. The molecule has 1 aromatic heterocycles. The summed E-state index contributed by atoms with van der Waals surface area (Å²) in [5, 5.41) is 2.97. The quantitative estimate of drug-likeness (QED) is 0.782. The Kier molecular flexibility index (Phi) is 6.69. The van der Waals surface area contributed by atoms with E-state index >= 15 is 0 Å². The highest BCUT2D eigenvalue weighted by Gasteiger charge is 2.22. The van der Waals surface area contributed by atoms with Crippen molar-refractivity contribution in [2.75, 3.05) is 0 Å². The zero-order valence-corrected chi connectivity index (χ0v) is 14.9. The standard InChI is InChI=1S/C20H24N2O3/c1-4-8-18(16-9-6-5-7-10-16)22-19(23)15(3)25-20(24)17-12-11-14(2)21-13-17/h5-7,9-13,15,18H,4,8H2,1-3H3,(H,22,23)/t15-,18-/m0/s1. The summed E-state index contributed by atoms with van der Waals surface area (Å²) in [4.78, 5) is 28.6. The van der Waals surface area contributed by atoms with Gasteiger partial charge in [0.2, 0.25) is 0 Å². The number of carbonyl (C=O) groups excluding carboxylic acids is 2. The monoisotopic (exact) mass is 340 g/mol. The number of nitrogens with one attached hydrogen (secondary N) is 1. The number of hydrogen-bond donors (Lipinski definition) is 1. The second-order valence-electron chi connectivity index (χ2n) is 6.00. The molecule has 0 fully saturated rings. The topological polar surface area (TPSA) is 68.3 Å². The molecule has 1 N–H and O–H groups in total. The zero-order chi connectivity index (χ0) is 18.2. The Balaban J connectivity index is 1.98. The third-order valence-corrected chi connectivity index (χ3v) is 3.90. The first-order valence-corrected chi connectivity index (χ1v) is 8.50. The molecule has 5 heteroatoms. The van der Waals surface area contributed by atoms with Crippen LogP contribution in [0.5, 0.6) is 0 Å². The summed E-state index contributed by atoms with van der Waals surface area (Å²) in [5.41, 5.74) is 2.19. The summed E-state index contributed by atoms with van der Waals surface area (Å²) in [6, 6.07) is 13.1. The predicted octanol–water partition coefficient (Wildman–Crippen LogP) is 3.59. The van der Waals surface area contributed by atoms with Crippen molar-refractivity contribution in [1.82, 2.24) is 10.3 Å². The van der Waals surface area contributed by atoms with E-state index in [4.69, 9.17) is 4.74 Å². The number of aryl methyl sites for hydroxylation is 1. The third kappa shape index (κ3) is 5.41. The fraction of sp³-hybridized carbons (Fsp3) is 0.350. The molecule has 0 aliphatic carbocycles. The largest absolute Gasteiger partial charge is 0.449 e. The van der Waals surface area contributed by atoms with Gasteiger partial charge in [0, 0.05) is 11.9 Å². The molecular weight excluding hydrogens is 316 g/mol. The van der Waals surface area contributed by atoms with Crippen LogP contribution in [0.15, 0.2) is 48.7 Å². The second kappa shape index (κ2) is 8.97. The van der Waals surface area contributed by atoms with E-state index < -0.39 is 12.1 Å². The van der Waals surface area contributed by atoms with Crippen molar-refractivity contribution >= 4 is 11.9 Å². The van der Waals surface area contributed by atoms with Gasteiger partial charge in [0.1, 0.15) is 0 Å². The number of ether oxygens (including phenoxy) is 1. The third-order valence-electron chi connectivity index (χ3n) is 3.90. The van der Waals surface area contributed by atoms with Crippen LogP contribution in [0.3, 0.4) is 0 Å². The molecule has 0 radical (unpaired) electrons. The highest BCUT2D eigenvalue weighted by atomic mass is 16.5. The summed E-state index contributed by atoms with van der Waals surface area (Å²) < 4.78 is 5.26. The maximum atomic E-state index is 12.4. The number of pyridine rings is 1. The zero-order valence-electron chi connectivity index (χ0n) is 14.9. The SMILES string of the molecule is CCC[C@H](NC(=O)[C@H](C)OC(=O)c1ccc(C)nc1)c1ccccc1. The molecule has 132 valence electrons. The molecule has 0 unspecified atom stereocenters. The predicted molar refractivity (Wildman–Crippen MR) is 96.1 cm³/mol. The first-order chi connectivity index (χ1) is 12.0. The molecule has 0 saturated carbocycles. The van der Waals surface area contributed by atoms with Crippen LogP contribution in [0.1, 0.15) is 54.3 Å². The summed E-state index contributed by atoms with van der Waals surface area (Å²) in [5.74, 6) is -0.863. The van der Waals surface area contributed by atoms with Crippen LogP contribution in [0.4, 0.5) is 0 Å². The lowest BCUT2D eigenvalue weighted by molar-refractivity contribution is -0.129. The van der Waals surface area contributed by atoms with Crippen LogP contribution in [0.25, 0.3) is 0 Å². The van der Waals surface area contributed by atoms with Gasteiger partial charge in [0.25, 0.3) is 5.91 Å². The van der Waals surface area contributed by atoms with Gasteiger partial charge < -0.3 is 10.1 Å². The lowest BCUT2D eigenvalue weighted by atomic mass is 10.0. The Hall–Kier alpha value is -2.69. The molecule has 0 aliphatic rings. The average molecular weight is 340 g/mol. The molecule has 2 atom stereocenters. The minimum absolute atomic E-state index is 0.0964. The summed E-state index contributed by atoms with van der Waals surface area (Å²) in [6.45, 7) is 5.47. The van der Waals surface area contributed by atoms with E-state index in [9.17, 15) is 9.59 Å². The number of benzene rings is 1. The Morgan fingerprint density at radius 1 is 1.16 bits per heavy atom. The van der Waals surface area contributed by atoms with Gasteiger partial charge in [-0.3, -0.25) is 9.78 Å². The normalized spacial score (nSPS) is 12.9. The highest BCUT2D eigenvalue weighted by Crippen LogP contribution is 2.18. The summed E-state index contributed by atoms with van der Waals surface area (Å²) >= 11 is 0. The molecule has 1 amide bonds. The van der Waals surface area contributed by atoms with Gasteiger partial charge in [-0.15, -0.1) is 0 Å². The van der Waals surface area contributed by atoms with Crippen LogP contribution in [0, 0.1) is 6.92 Å². The van der Waals surface area contributed by atoms with Gasteiger partial charge in [0.05, 0.1) is 11.6 Å². The molecule has 0 bridgehead atoms. The summed E-state index contributed by atoms with van der Waals surface area (Å²) in [6.07, 6.45) is 2.32. The minimum Gasteiger partial charge on any atom is -0.449 e. The van der Waals surface area contributed by atoms with E-state index in [0.29, 0.717) is 5.56 Å². The number of aromatic nitrogens is 1. The van der Waals surface area contributed by atoms with Crippen molar-refractivity contribution in [1.29, 1.82) is 0 Å². The molecule has 1 aromatic carbocycles. The molecule has 0 saturated heterocycles. The van der Waals surface area contributed by atoms with Gasteiger partial charge in [-0.05, 0) is 38.0 Å². The van der Waals surface area contributed by atoms with E-state index in [-0.39, 0.29) is 11.9 Å². The maximum Gasteiger partial charge on any atom is 0.340 e. The lowest BCUT2D eigenvalue weighted by Gasteiger charge is -2.21. The van der Waals surface area contributed by atoms with Crippen molar-refractivity contribution in [3.63, 3.8) is 0 Å². The van der Waals surface area contributed by atoms with Crippen molar-refractivity contribution in [2.24, 2.45) is 0 Å². The molecule has 5 nitrogen and oxygen atoms in total. The van der Waals surface area contributed by atoms with Crippen LogP contribution in [-0.4, -0.2) is 23.0 Å². The summed E-state index contributed by atoms with van der Waals surface area (Å²) in [7, 11) is 0. The number of nitrogens with zero attached hydrogens (tertiary/aromatic N) is 1. The van der Waals surface area contributed by atoms with Gasteiger partial charge in [-0.1, -0.05) is 43.7 Å². The van der Waals surface area contributed by atoms with E-state index in [1.807, 2.05) is 37.3 Å². The molecular formula is C20H24N2O3. The molecule has 0 spiro atoms. The van der Waals surface area contributed by atoms with Gasteiger partial charge in [0.15, 0.2) is 6.10 Å². The van der Waals surface area contributed by atoms with E-state index in [1.54, 1.807) is 19.1 Å². The first-order valence-electron chi connectivity index (χ1n) is 8.50. The van der Waals surface area contributed by atoms with E-state index in [0.717, 1.165) is 24.1 Å². The molecule has 25 heavy (non-hydrogen) atoms. The number of hydrogen-bond acceptors (Lipinski definition) is 4. The molecule has 2 aromatic rings. The number of rotatable bonds is 7. The van der Waals surface area contributed by atoms with Gasteiger partial charge >= 0.3 is 5.97 Å². The Labute approximate surface area is 148 Å². The fourth-order valence-electron chi connectivity index (χ4n) is 2.46. The lowest BCUT2D eigenvalue weighted by Crippen LogP contribution is -2.38. The van der Waals surface area contributed by atoms with Crippen LogP contribution < -0.4 is 5.32 Å². The minimum atomic E-state index is -0.878. The Morgan fingerprint density at radius 2 is 1.88 bits per heavy atom. The molecule has 1 heterocycles. The smallest absolute Gasteiger partial charge is 0.340 e. The Bertz CT molecular complexity index is 699. The highest BCUT2D eigenvalue weighted by molar-refractivity contribution is 5.92. The van der Waals surface area contributed by atoms with Crippen molar-refractivity contribution < 1.29 is 14.3 Å². The van der Waals surface area contributed by atoms with Crippen molar-refractivity contribution in [3.8, 4) is 0 Å². The van der Waals surface area contributed by atoms with Crippen molar-refractivity contribution in [3.05, 3.63) is 65.5 Å². The van der Waals surface area contributed by atoms with Crippen LogP contribution in [0.2, 0.25) is 0 Å². The number of amides is 1. The number of carbonyl (C=O) groups is 2. The van der Waals surface area contributed by atoms with Crippen LogP contribution >= 0.6 is 0 Å². The Morgan fingerprint density at radius 3 is 2.48 bits per heavy atom. The molecule has 2 rings (SSSR count). The van der Waals surface area contributed by atoms with Gasteiger partial charge in [-0.25, -0.2) is 4.79 Å². The van der Waals surface area contributed by atoms with Crippen molar-refractivity contribution in [2.45, 2.75) is 45.8 Å². The number of esters is 1. The first kappa shape index (κ1) is 18.6. The van der Waals surface area contributed by atoms with Gasteiger partial charge in [-0.2, -0.15) is 0 Å². The second-order valence-corrected chi connectivity index (χ2v) is 6.00. The van der Waals surface area contributed by atoms with E-state index in [1.165, 1.54) is 6.20 Å². The average Bonchev–Trinajstić information content (AvgIpc) is 2.62. The van der Waals surface area contributed by atoms with Crippen LogP contribution in [-0.2, 0) is 9.53 Å².